The topological polar surface area (TPSA) is 128 Å². The zero-order valence-electron chi connectivity index (χ0n) is 23.9. The van der Waals surface area contributed by atoms with Crippen molar-refractivity contribution in [2.24, 2.45) is 17.8 Å². The van der Waals surface area contributed by atoms with Crippen LogP contribution >= 0.6 is 0 Å². The number of para-hydroxylation sites is 1. The molecule has 4 aliphatic rings. The van der Waals surface area contributed by atoms with E-state index in [-0.39, 0.29) is 67.3 Å². The molecule has 2 bridgehead atoms. The van der Waals surface area contributed by atoms with Crippen LogP contribution in [-0.4, -0.2) is 62.2 Å². The number of carbonyl (C=O) groups excluding carboxylic acids is 2. The number of hydrogen-bond donors (Lipinski definition) is 1. The number of allylic oxidation sites excluding steroid dienone is 2. The summed E-state index contributed by atoms with van der Waals surface area (Å²) < 4.78 is 13.7. The van der Waals surface area contributed by atoms with Crippen molar-refractivity contribution in [3.63, 3.8) is 0 Å². The number of nitrogens with zero attached hydrogens (tertiary/aromatic N) is 3. The maximum absolute atomic E-state index is 14.1. The van der Waals surface area contributed by atoms with E-state index in [2.05, 4.69) is 4.98 Å². The lowest BCUT2D eigenvalue weighted by Gasteiger charge is -2.30. The van der Waals surface area contributed by atoms with E-state index in [9.17, 15) is 24.3 Å². The molecule has 42 heavy (non-hydrogen) atoms. The lowest BCUT2D eigenvalue weighted by molar-refractivity contribution is -0.157. The second-order valence-electron chi connectivity index (χ2n) is 12.3. The Labute approximate surface area is 244 Å². The van der Waals surface area contributed by atoms with E-state index in [0.29, 0.717) is 10.9 Å². The standard InChI is InChI=1S/C32H39N3O7/c36-28-18-24(20-9-3-4-10-20)30(38)35-19-22(17-26(35)31(39)40)41-32-33-25-14-6-5-13-23(25)29(37)34(32)16-7-1-2-11-21-12-8-15-27(21)42-28/h1,5-7,13-14,20-22,24,26-27H,2-4,8-12,15-19H2,(H,39,40)/b7-1+/t21-,22-,24+,26+,27-/m1/s1. The normalized spacial score (nSPS) is 30.2. The minimum Gasteiger partial charge on any atom is -0.480 e. The number of aliphatic carboxylic acids is 1. The maximum Gasteiger partial charge on any atom is 0.326 e. The van der Waals surface area contributed by atoms with Gasteiger partial charge in [-0.1, -0.05) is 37.1 Å². The van der Waals surface area contributed by atoms with Crippen LogP contribution in [0.4, 0.5) is 0 Å². The summed E-state index contributed by atoms with van der Waals surface area (Å²) in [5.41, 5.74) is 0.257. The highest BCUT2D eigenvalue weighted by molar-refractivity contribution is 5.88. The number of hydrogen-bond acceptors (Lipinski definition) is 7. The average molecular weight is 578 g/mol. The fourth-order valence-corrected chi connectivity index (χ4v) is 7.43. The molecule has 5 atom stereocenters. The highest BCUT2D eigenvalue weighted by atomic mass is 16.5. The summed E-state index contributed by atoms with van der Waals surface area (Å²) in [5.74, 6) is -2.17. The number of carbonyl (C=O) groups is 3. The van der Waals surface area contributed by atoms with Crippen LogP contribution in [-0.2, 0) is 25.7 Å². The van der Waals surface area contributed by atoms with Gasteiger partial charge in [0.2, 0.25) is 5.91 Å². The predicted molar refractivity (Wildman–Crippen MR) is 154 cm³/mol. The van der Waals surface area contributed by atoms with E-state index in [1.807, 2.05) is 12.2 Å². The molecule has 1 saturated heterocycles. The van der Waals surface area contributed by atoms with Crippen LogP contribution in [0.1, 0.15) is 70.6 Å². The molecule has 2 aliphatic heterocycles. The number of carboxylic acids is 1. The molecule has 0 unspecified atom stereocenters. The van der Waals surface area contributed by atoms with Crippen molar-refractivity contribution >= 4 is 28.7 Å². The Morgan fingerprint density at radius 1 is 0.929 bits per heavy atom. The summed E-state index contributed by atoms with van der Waals surface area (Å²) in [4.78, 5) is 59.2. The van der Waals surface area contributed by atoms with Crippen LogP contribution < -0.4 is 10.3 Å². The van der Waals surface area contributed by atoms with Gasteiger partial charge in [0.1, 0.15) is 18.2 Å². The van der Waals surface area contributed by atoms with E-state index in [1.54, 1.807) is 24.3 Å². The van der Waals surface area contributed by atoms with E-state index < -0.39 is 24.0 Å². The molecule has 10 nitrogen and oxygen atoms in total. The van der Waals surface area contributed by atoms with Crippen molar-refractivity contribution in [3.8, 4) is 6.01 Å². The molecule has 2 aromatic rings. The van der Waals surface area contributed by atoms with Crippen LogP contribution in [0.2, 0.25) is 0 Å². The molecule has 1 aromatic heterocycles. The fourth-order valence-electron chi connectivity index (χ4n) is 7.43. The van der Waals surface area contributed by atoms with E-state index >= 15 is 0 Å². The summed E-state index contributed by atoms with van der Waals surface area (Å²) >= 11 is 0. The van der Waals surface area contributed by atoms with Gasteiger partial charge in [-0.2, -0.15) is 4.98 Å². The van der Waals surface area contributed by atoms with Gasteiger partial charge in [0.15, 0.2) is 0 Å². The zero-order chi connectivity index (χ0) is 29.2. The van der Waals surface area contributed by atoms with Gasteiger partial charge in [-0.25, -0.2) is 4.79 Å². The lowest BCUT2D eigenvalue weighted by atomic mass is 9.86. The van der Waals surface area contributed by atoms with Crippen LogP contribution in [0.5, 0.6) is 6.01 Å². The summed E-state index contributed by atoms with van der Waals surface area (Å²) in [6.07, 6.45) is 11.2. The predicted octanol–water partition coefficient (Wildman–Crippen LogP) is 4.09. The molecular formula is C32H39N3O7. The van der Waals surface area contributed by atoms with Gasteiger partial charge in [-0.3, -0.25) is 19.0 Å². The van der Waals surface area contributed by atoms with Crippen molar-refractivity contribution in [1.82, 2.24) is 14.5 Å². The van der Waals surface area contributed by atoms with Crippen LogP contribution in [0.25, 0.3) is 10.9 Å². The van der Waals surface area contributed by atoms with Crippen molar-refractivity contribution in [3.05, 3.63) is 46.8 Å². The lowest BCUT2D eigenvalue weighted by Crippen LogP contribution is -2.46. The van der Waals surface area contributed by atoms with Crippen molar-refractivity contribution in [2.75, 3.05) is 6.54 Å². The minimum absolute atomic E-state index is 0.0157. The zero-order valence-corrected chi connectivity index (χ0v) is 23.9. The molecule has 10 heteroatoms. The molecule has 224 valence electrons. The smallest absolute Gasteiger partial charge is 0.326 e. The molecule has 1 N–H and O–H groups in total. The highest BCUT2D eigenvalue weighted by Crippen LogP contribution is 2.38. The molecule has 1 aromatic carbocycles. The first-order chi connectivity index (χ1) is 20.4. The van der Waals surface area contributed by atoms with Gasteiger partial charge >= 0.3 is 11.9 Å². The van der Waals surface area contributed by atoms with Gasteiger partial charge in [0, 0.05) is 13.0 Å². The van der Waals surface area contributed by atoms with E-state index in [4.69, 9.17) is 9.47 Å². The van der Waals surface area contributed by atoms with Gasteiger partial charge < -0.3 is 19.5 Å². The van der Waals surface area contributed by atoms with Crippen LogP contribution in [0, 0.1) is 17.8 Å². The van der Waals surface area contributed by atoms with Crippen molar-refractivity contribution in [1.29, 1.82) is 0 Å². The Balaban J connectivity index is 1.36. The number of aromatic nitrogens is 2. The summed E-state index contributed by atoms with van der Waals surface area (Å²) in [6, 6.07) is 6.08. The Morgan fingerprint density at radius 3 is 2.52 bits per heavy atom. The maximum atomic E-state index is 14.1. The number of benzene rings is 1. The highest BCUT2D eigenvalue weighted by Gasteiger charge is 2.46. The molecule has 2 saturated carbocycles. The Hall–Kier alpha value is -3.69. The first-order valence-corrected chi connectivity index (χ1v) is 15.4. The van der Waals surface area contributed by atoms with E-state index in [0.717, 1.165) is 57.8 Å². The second kappa shape index (κ2) is 12.3. The average Bonchev–Trinajstić information content (AvgIpc) is 3.74. The SMILES string of the molecule is O=C1C[C@@H](C2CCCC2)C(=O)N2C[C@@H](C[C@H]2C(=O)O)Oc2nc3ccccc3c(=O)n2C/C=C/CC[C@@H]2CCC[C@H]2O1. The quantitative estimate of drug-likeness (QED) is 0.418. The Kier molecular flexibility index (Phi) is 8.31. The molecule has 1 amide bonds. The monoisotopic (exact) mass is 577 g/mol. The number of carboxylic acid groups (broad SMARTS) is 1. The van der Waals surface area contributed by atoms with Crippen molar-refractivity contribution < 1.29 is 29.0 Å². The van der Waals surface area contributed by atoms with Gasteiger partial charge in [0.05, 0.1) is 29.8 Å². The number of amides is 1. The molecule has 3 heterocycles. The Bertz CT molecular complexity index is 1430. The summed E-state index contributed by atoms with van der Waals surface area (Å²) in [7, 11) is 0. The van der Waals surface area contributed by atoms with Crippen molar-refractivity contribution in [2.45, 2.75) is 95.4 Å². The van der Waals surface area contributed by atoms with Gasteiger partial charge in [-0.15, -0.1) is 0 Å². The minimum atomic E-state index is -1.12. The molecular weight excluding hydrogens is 538 g/mol. The van der Waals surface area contributed by atoms with Crippen LogP contribution in [0.3, 0.4) is 0 Å². The molecule has 2 aliphatic carbocycles. The van der Waals surface area contributed by atoms with Gasteiger partial charge in [0.25, 0.3) is 11.6 Å². The first-order valence-electron chi connectivity index (χ1n) is 15.4. The van der Waals surface area contributed by atoms with E-state index in [1.165, 1.54) is 9.47 Å². The second-order valence-corrected chi connectivity index (χ2v) is 12.3. The molecule has 0 radical (unpaired) electrons. The number of esters is 1. The third-order valence-corrected chi connectivity index (χ3v) is 9.63. The largest absolute Gasteiger partial charge is 0.480 e. The fraction of sp³-hybridized carbons (Fsp3) is 0.594. The van der Waals surface area contributed by atoms with Gasteiger partial charge in [-0.05, 0) is 68.9 Å². The molecule has 3 fully saturated rings. The molecule has 6 rings (SSSR count). The number of ether oxygens (including phenoxy) is 2. The van der Waals surface area contributed by atoms with Crippen LogP contribution in [0.15, 0.2) is 41.2 Å². The Morgan fingerprint density at radius 2 is 1.71 bits per heavy atom. The third kappa shape index (κ3) is 5.80. The summed E-state index contributed by atoms with van der Waals surface area (Å²) in [6.45, 7) is 0.286. The first kappa shape index (κ1) is 28.4. The number of fused-ring (bicyclic) bond motifs is 5. The number of rotatable bonds is 2. The molecule has 0 spiro atoms. The summed E-state index contributed by atoms with van der Waals surface area (Å²) in [5, 5.41) is 10.6. The third-order valence-electron chi connectivity index (χ3n) is 9.63.